The number of nitrogens with zero attached hydrogens (tertiary/aromatic N) is 1. The standard InChI is InChI=1S/C14H20ClNO/c15-10-3-5-16(6-4-10)14(17)13-11-8-1-2-9(7-8)12(11)13/h8-13H,1-7H2. The molecule has 3 heteroatoms. The number of carbonyl (C=O) groups excluding carboxylic acids is 1. The van der Waals surface area contributed by atoms with E-state index in [-0.39, 0.29) is 0 Å². The molecule has 0 radical (unpaired) electrons. The van der Waals surface area contributed by atoms with E-state index in [4.69, 9.17) is 11.6 Å². The topological polar surface area (TPSA) is 20.3 Å². The molecule has 4 rings (SSSR count). The highest BCUT2D eigenvalue weighted by molar-refractivity contribution is 6.20. The molecule has 0 aromatic carbocycles. The SMILES string of the molecule is O=C(C1C2C3CCC(C3)C12)N1CCC(Cl)CC1. The van der Waals surface area contributed by atoms with Gasteiger partial charge in [-0.25, -0.2) is 0 Å². The summed E-state index contributed by atoms with van der Waals surface area (Å²) < 4.78 is 0. The smallest absolute Gasteiger partial charge is 0.226 e. The third kappa shape index (κ3) is 1.49. The van der Waals surface area contributed by atoms with Crippen LogP contribution in [0, 0.1) is 29.6 Å². The first-order valence-electron chi connectivity index (χ1n) is 7.18. The Kier molecular flexibility index (Phi) is 2.28. The van der Waals surface area contributed by atoms with Crippen molar-refractivity contribution in [1.82, 2.24) is 4.90 Å². The van der Waals surface area contributed by atoms with Gasteiger partial charge in [-0.3, -0.25) is 4.79 Å². The van der Waals surface area contributed by atoms with E-state index in [1.165, 1.54) is 19.3 Å². The first-order chi connectivity index (χ1) is 8.25. The number of hydrogen-bond donors (Lipinski definition) is 0. The molecule has 0 spiro atoms. The highest BCUT2D eigenvalue weighted by atomic mass is 35.5. The molecule has 4 atom stereocenters. The zero-order valence-corrected chi connectivity index (χ0v) is 10.9. The number of fused-ring (bicyclic) bond motifs is 5. The van der Waals surface area contributed by atoms with Crippen molar-refractivity contribution in [1.29, 1.82) is 0 Å². The van der Waals surface area contributed by atoms with E-state index in [2.05, 4.69) is 4.90 Å². The lowest BCUT2D eigenvalue weighted by atomic mass is 10.0. The molecule has 1 aliphatic heterocycles. The van der Waals surface area contributed by atoms with Crippen molar-refractivity contribution in [2.45, 2.75) is 37.5 Å². The second-order valence-electron chi connectivity index (χ2n) is 6.51. The molecule has 4 fully saturated rings. The van der Waals surface area contributed by atoms with Crippen LogP contribution in [-0.4, -0.2) is 29.3 Å². The maximum absolute atomic E-state index is 12.5. The molecule has 1 heterocycles. The fraction of sp³-hybridized carbons (Fsp3) is 0.929. The number of rotatable bonds is 1. The number of hydrogen-bond acceptors (Lipinski definition) is 1. The normalized spacial score (nSPS) is 48.3. The van der Waals surface area contributed by atoms with E-state index in [0.717, 1.165) is 49.6 Å². The van der Waals surface area contributed by atoms with Gasteiger partial charge in [-0.05, 0) is 55.8 Å². The number of halogens is 1. The van der Waals surface area contributed by atoms with Gasteiger partial charge in [-0.15, -0.1) is 11.6 Å². The second-order valence-corrected chi connectivity index (χ2v) is 7.13. The molecule has 2 nitrogen and oxygen atoms in total. The van der Waals surface area contributed by atoms with Crippen LogP contribution in [-0.2, 0) is 4.79 Å². The third-order valence-electron chi connectivity index (χ3n) is 5.76. The second kappa shape index (κ2) is 3.63. The molecular weight excluding hydrogens is 234 g/mol. The Labute approximate surface area is 108 Å². The van der Waals surface area contributed by atoms with Crippen LogP contribution in [0.25, 0.3) is 0 Å². The fourth-order valence-electron chi connectivity index (χ4n) is 4.93. The lowest BCUT2D eigenvalue weighted by Gasteiger charge is -2.30. The molecule has 0 aromatic rings. The lowest BCUT2D eigenvalue weighted by Crippen LogP contribution is -2.40. The van der Waals surface area contributed by atoms with E-state index in [0.29, 0.717) is 17.2 Å². The van der Waals surface area contributed by atoms with Crippen LogP contribution in [0.4, 0.5) is 0 Å². The average Bonchev–Trinajstić information content (AvgIpc) is 2.77. The highest BCUT2D eigenvalue weighted by Gasteiger charge is 2.67. The van der Waals surface area contributed by atoms with Gasteiger partial charge in [0, 0.05) is 24.4 Å². The molecule has 2 bridgehead atoms. The van der Waals surface area contributed by atoms with Crippen molar-refractivity contribution in [2.75, 3.05) is 13.1 Å². The molecule has 4 aliphatic rings. The fourth-order valence-corrected chi connectivity index (χ4v) is 5.13. The van der Waals surface area contributed by atoms with Crippen molar-refractivity contribution < 1.29 is 4.79 Å². The minimum atomic E-state index is 0.300. The number of amides is 1. The highest BCUT2D eigenvalue weighted by Crippen LogP contribution is 2.69. The summed E-state index contributed by atoms with van der Waals surface area (Å²) in [5.74, 6) is 4.28. The molecule has 94 valence electrons. The van der Waals surface area contributed by atoms with Crippen LogP contribution in [0.2, 0.25) is 0 Å². The quantitative estimate of drug-likeness (QED) is 0.658. The van der Waals surface area contributed by atoms with Crippen molar-refractivity contribution in [3.8, 4) is 0 Å². The summed E-state index contributed by atoms with van der Waals surface area (Å²) in [7, 11) is 0. The van der Waals surface area contributed by atoms with E-state index < -0.39 is 0 Å². The van der Waals surface area contributed by atoms with Crippen LogP contribution in [0.3, 0.4) is 0 Å². The summed E-state index contributed by atoms with van der Waals surface area (Å²) in [6, 6.07) is 0. The van der Waals surface area contributed by atoms with Gasteiger partial charge in [0.1, 0.15) is 0 Å². The van der Waals surface area contributed by atoms with Gasteiger partial charge in [-0.2, -0.15) is 0 Å². The number of piperidine rings is 1. The Hall–Kier alpha value is -0.240. The molecule has 3 aliphatic carbocycles. The van der Waals surface area contributed by atoms with Crippen molar-refractivity contribution in [3.63, 3.8) is 0 Å². The van der Waals surface area contributed by atoms with Crippen molar-refractivity contribution in [3.05, 3.63) is 0 Å². The summed E-state index contributed by atoms with van der Waals surface area (Å²) >= 11 is 6.10. The van der Waals surface area contributed by atoms with Crippen molar-refractivity contribution in [2.24, 2.45) is 29.6 Å². The molecule has 0 aromatic heterocycles. The zero-order chi connectivity index (χ0) is 11.6. The average molecular weight is 254 g/mol. The molecule has 4 unspecified atom stereocenters. The Bertz CT molecular complexity index is 334. The van der Waals surface area contributed by atoms with Gasteiger partial charge >= 0.3 is 0 Å². The van der Waals surface area contributed by atoms with Gasteiger partial charge < -0.3 is 4.90 Å². The lowest BCUT2D eigenvalue weighted by molar-refractivity contribution is -0.134. The Morgan fingerprint density at radius 1 is 1.00 bits per heavy atom. The number of carbonyl (C=O) groups is 1. The number of likely N-dealkylation sites (tertiary alicyclic amines) is 1. The predicted molar refractivity (Wildman–Crippen MR) is 66.8 cm³/mol. The van der Waals surface area contributed by atoms with Crippen molar-refractivity contribution >= 4 is 17.5 Å². The Morgan fingerprint density at radius 2 is 1.59 bits per heavy atom. The van der Waals surface area contributed by atoms with E-state index in [1.807, 2.05) is 0 Å². The van der Waals surface area contributed by atoms with Gasteiger partial charge in [0.2, 0.25) is 5.91 Å². The third-order valence-corrected chi connectivity index (χ3v) is 6.19. The maximum Gasteiger partial charge on any atom is 0.226 e. The van der Waals surface area contributed by atoms with E-state index in [9.17, 15) is 4.79 Å². The summed E-state index contributed by atoms with van der Waals surface area (Å²) in [5, 5.41) is 0.300. The van der Waals surface area contributed by atoms with Crippen LogP contribution in [0.1, 0.15) is 32.1 Å². The maximum atomic E-state index is 12.5. The minimum absolute atomic E-state index is 0.300. The molecule has 3 saturated carbocycles. The van der Waals surface area contributed by atoms with E-state index >= 15 is 0 Å². The van der Waals surface area contributed by atoms with Gasteiger partial charge in [0.05, 0.1) is 0 Å². The number of alkyl halides is 1. The summed E-state index contributed by atoms with van der Waals surface area (Å²) in [6.45, 7) is 1.80. The van der Waals surface area contributed by atoms with Crippen LogP contribution in [0.15, 0.2) is 0 Å². The zero-order valence-electron chi connectivity index (χ0n) is 10.1. The monoisotopic (exact) mass is 253 g/mol. The largest absolute Gasteiger partial charge is 0.342 e. The van der Waals surface area contributed by atoms with Crippen LogP contribution < -0.4 is 0 Å². The summed E-state index contributed by atoms with van der Waals surface area (Å²) in [5.41, 5.74) is 0. The molecule has 17 heavy (non-hydrogen) atoms. The summed E-state index contributed by atoms with van der Waals surface area (Å²) in [6.07, 6.45) is 6.21. The molecule has 1 saturated heterocycles. The van der Waals surface area contributed by atoms with Gasteiger partial charge in [0.15, 0.2) is 0 Å². The Balaban J connectivity index is 1.42. The molecule has 0 N–H and O–H groups in total. The van der Waals surface area contributed by atoms with Crippen LogP contribution in [0.5, 0.6) is 0 Å². The molecule has 1 amide bonds. The summed E-state index contributed by atoms with van der Waals surface area (Å²) in [4.78, 5) is 14.6. The minimum Gasteiger partial charge on any atom is -0.342 e. The van der Waals surface area contributed by atoms with Gasteiger partial charge in [0.25, 0.3) is 0 Å². The first-order valence-corrected chi connectivity index (χ1v) is 7.62. The van der Waals surface area contributed by atoms with Gasteiger partial charge in [-0.1, -0.05) is 0 Å². The first kappa shape index (κ1) is 10.7. The van der Waals surface area contributed by atoms with E-state index in [1.54, 1.807) is 0 Å². The molecular formula is C14H20ClNO. The predicted octanol–water partition coefficient (Wildman–Crippen LogP) is 2.51. The van der Waals surface area contributed by atoms with Crippen LogP contribution >= 0.6 is 11.6 Å². The Morgan fingerprint density at radius 3 is 2.18 bits per heavy atom.